The molecule has 1 aromatic rings. The highest BCUT2D eigenvalue weighted by Crippen LogP contribution is 2.14. The number of nitrogens with zero attached hydrogens (tertiary/aromatic N) is 2. The van der Waals surface area contributed by atoms with Crippen LogP contribution in [0.15, 0.2) is 29.3 Å². The van der Waals surface area contributed by atoms with E-state index < -0.39 is 0 Å². The highest BCUT2D eigenvalue weighted by atomic mass is 127. The minimum atomic E-state index is 0. The summed E-state index contributed by atoms with van der Waals surface area (Å²) in [4.78, 5) is 6.66. The van der Waals surface area contributed by atoms with Gasteiger partial charge in [-0.05, 0) is 31.1 Å². The number of guanidine groups is 1. The summed E-state index contributed by atoms with van der Waals surface area (Å²) in [6, 6.07) is 7.84. The normalized spacial score (nSPS) is 11.2. The first kappa shape index (κ1) is 21.5. The van der Waals surface area contributed by atoms with Crippen molar-refractivity contribution in [2.75, 3.05) is 33.2 Å². The van der Waals surface area contributed by atoms with Gasteiger partial charge in [-0.15, -0.1) is 24.0 Å². The van der Waals surface area contributed by atoms with Crippen LogP contribution in [0.3, 0.4) is 0 Å². The smallest absolute Gasteiger partial charge is 0.191 e. The highest BCUT2D eigenvalue weighted by molar-refractivity contribution is 14.0. The molecule has 1 rings (SSSR count). The van der Waals surface area contributed by atoms with Crippen molar-refractivity contribution in [2.45, 2.75) is 26.8 Å². The van der Waals surface area contributed by atoms with Gasteiger partial charge in [0.1, 0.15) is 0 Å². The quantitative estimate of drug-likeness (QED) is 0.371. The molecule has 0 fully saturated rings. The average Bonchev–Trinajstić information content (AvgIpc) is 2.51. The fourth-order valence-corrected chi connectivity index (χ4v) is 2.32. The Bertz CT molecular complexity index is 440. The van der Waals surface area contributed by atoms with Gasteiger partial charge in [-0.1, -0.05) is 43.6 Å². The van der Waals surface area contributed by atoms with Crippen molar-refractivity contribution in [3.63, 3.8) is 0 Å². The fourth-order valence-electron chi connectivity index (χ4n) is 2.12. The molecule has 4 nitrogen and oxygen atoms in total. The molecule has 0 spiro atoms. The van der Waals surface area contributed by atoms with Crippen LogP contribution < -0.4 is 10.6 Å². The Morgan fingerprint density at radius 3 is 2.50 bits per heavy atom. The molecule has 0 radical (unpaired) electrons. The molecule has 0 saturated heterocycles. The summed E-state index contributed by atoms with van der Waals surface area (Å²) in [6.45, 7) is 9.21. The van der Waals surface area contributed by atoms with Gasteiger partial charge in [-0.25, -0.2) is 0 Å². The molecule has 2 N–H and O–H groups in total. The SMILES string of the molecule is CCCN(CC)CCNC(=NC)NCc1ccccc1Cl.I. The summed E-state index contributed by atoms with van der Waals surface area (Å²) in [5, 5.41) is 7.40. The molecule has 0 atom stereocenters. The molecule has 0 saturated carbocycles. The third-order valence-corrected chi connectivity index (χ3v) is 3.70. The number of nitrogens with one attached hydrogen (secondary N) is 2. The predicted octanol–water partition coefficient (Wildman–Crippen LogP) is 3.35. The molecular weight excluding hydrogens is 411 g/mol. The standard InChI is InChI=1S/C16H27ClN4.HI/c1-4-11-21(5-2)12-10-19-16(18-3)20-13-14-8-6-7-9-15(14)17;/h6-9H,4-5,10-13H2,1-3H3,(H2,18,19,20);1H. The largest absolute Gasteiger partial charge is 0.355 e. The Morgan fingerprint density at radius 2 is 1.91 bits per heavy atom. The van der Waals surface area contributed by atoms with Gasteiger partial charge in [-0.3, -0.25) is 4.99 Å². The zero-order chi connectivity index (χ0) is 15.5. The van der Waals surface area contributed by atoms with Crippen LogP contribution in [0, 0.1) is 0 Å². The van der Waals surface area contributed by atoms with Crippen LogP contribution >= 0.6 is 35.6 Å². The molecule has 1 aromatic carbocycles. The zero-order valence-corrected chi connectivity index (χ0v) is 16.8. The van der Waals surface area contributed by atoms with Gasteiger partial charge in [-0.2, -0.15) is 0 Å². The van der Waals surface area contributed by atoms with Gasteiger partial charge in [0.05, 0.1) is 0 Å². The minimum Gasteiger partial charge on any atom is -0.355 e. The van der Waals surface area contributed by atoms with E-state index in [0.717, 1.165) is 42.7 Å². The van der Waals surface area contributed by atoms with Crippen molar-refractivity contribution in [3.05, 3.63) is 34.9 Å². The molecule has 6 heteroatoms. The maximum Gasteiger partial charge on any atom is 0.191 e. The van der Waals surface area contributed by atoms with Crippen LogP contribution in [-0.2, 0) is 6.54 Å². The number of halogens is 2. The topological polar surface area (TPSA) is 39.7 Å². The lowest BCUT2D eigenvalue weighted by Gasteiger charge is -2.20. The van der Waals surface area contributed by atoms with Crippen LogP contribution in [0.25, 0.3) is 0 Å². The maximum atomic E-state index is 6.14. The van der Waals surface area contributed by atoms with Crippen molar-refractivity contribution < 1.29 is 0 Å². The summed E-state index contributed by atoms with van der Waals surface area (Å²) in [5.74, 6) is 0.808. The number of rotatable bonds is 8. The number of aliphatic imine (C=N–C) groups is 1. The maximum absolute atomic E-state index is 6.14. The predicted molar refractivity (Wildman–Crippen MR) is 107 cm³/mol. The Kier molecular flexibility index (Phi) is 12.6. The van der Waals surface area contributed by atoms with E-state index in [0.29, 0.717) is 6.54 Å². The van der Waals surface area contributed by atoms with Crippen LogP contribution in [0.1, 0.15) is 25.8 Å². The van der Waals surface area contributed by atoms with Gasteiger partial charge in [0.25, 0.3) is 0 Å². The monoisotopic (exact) mass is 438 g/mol. The second-order valence-electron chi connectivity index (χ2n) is 4.88. The second kappa shape index (κ2) is 13.0. The molecule has 0 aromatic heterocycles. The van der Waals surface area contributed by atoms with Crippen molar-refractivity contribution in [1.82, 2.24) is 15.5 Å². The number of hydrogen-bond acceptors (Lipinski definition) is 2. The van der Waals surface area contributed by atoms with Crippen LogP contribution in [-0.4, -0.2) is 44.1 Å². The van der Waals surface area contributed by atoms with Crippen molar-refractivity contribution in [1.29, 1.82) is 0 Å². The molecule has 0 amide bonds. The molecule has 0 aliphatic heterocycles. The second-order valence-corrected chi connectivity index (χ2v) is 5.29. The Hall–Kier alpha value is -0.530. The fraction of sp³-hybridized carbons (Fsp3) is 0.562. The molecule has 0 unspecified atom stereocenters. The summed E-state index contributed by atoms with van der Waals surface area (Å²) >= 11 is 6.14. The summed E-state index contributed by atoms with van der Waals surface area (Å²) < 4.78 is 0. The van der Waals surface area contributed by atoms with Crippen molar-refractivity contribution >= 4 is 41.5 Å². The minimum absolute atomic E-state index is 0. The van der Waals surface area contributed by atoms with E-state index in [1.54, 1.807) is 7.05 Å². The van der Waals surface area contributed by atoms with Crippen LogP contribution in [0.4, 0.5) is 0 Å². The van der Waals surface area contributed by atoms with E-state index in [2.05, 4.69) is 34.4 Å². The Labute approximate surface area is 156 Å². The van der Waals surface area contributed by atoms with Crippen molar-refractivity contribution in [2.24, 2.45) is 4.99 Å². The van der Waals surface area contributed by atoms with Crippen LogP contribution in [0.2, 0.25) is 5.02 Å². The molecule has 22 heavy (non-hydrogen) atoms. The van der Waals surface area contributed by atoms with Gasteiger partial charge >= 0.3 is 0 Å². The van der Waals surface area contributed by atoms with E-state index >= 15 is 0 Å². The highest BCUT2D eigenvalue weighted by Gasteiger charge is 2.03. The molecule has 126 valence electrons. The van der Waals surface area contributed by atoms with Crippen molar-refractivity contribution in [3.8, 4) is 0 Å². The molecule has 0 aliphatic rings. The van der Waals surface area contributed by atoms with E-state index in [1.807, 2.05) is 24.3 Å². The Balaban J connectivity index is 0.00000441. The van der Waals surface area contributed by atoms with E-state index in [-0.39, 0.29) is 24.0 Å². The van der Waals surface area contributed by atoms with E-state index in [9.17, 15) is 0 Å². The van der Waals surface area contributed by atoms with Gasteiger partial charge < -0.3 is 15.5 Å². The van der Waals surface area contributed by atoms with E-state index in [1.165, 1.54) is 6.42 Å². The van der Waals surface area contributed by atoms with E-state index in [4.69, 9.17) is 11.6 Å². The first-order valence-corrected chi connectivity index (χ1v) is 7.99. The molecule has 0 bridgehead atoms. The zero-order valence-electron chi connectivity index (χ0n) is 13.7. The first-order chi connectivity index (χ1) is 10.2. The molecule has 0 aliphatic carbocycles. The molecule has 0 heterocycles. The lowest BCUT2D eigenvalue weighted by atomic mass is 10.2. The van der Waals surface area contributed by atoms with Gasteiger partial charge in [0.2, 0.25) is 0 Å². The van der Waals surface area contributed by atoms with Gasteiger partial charge in [0.15, 0.2) is 5.96 Å². The number of hydrogen-bond donors (Lipinski definition) is 2. The summed E-state index contributed by atoms with van der Waals surface area (Å²) in [6.07, 6.45) is 1.19. The average molecular weight is 439 g/mol. The molecular formula is C16H28ClIN4. The third kappa shape index (κ3) is 8.19. The summed E-state index contributed by atoms with van der Waals surface area (Å²) in [7, 11) is 1.78. The summed E-state index contributed by atoms with van der Waals surface area (Å²) in [5.41, 5.74) is 1.07. The first-order valence-electron chi connectivity index (χ1n) is 7.61. The van der Waals surface area contributed by atoms with Crippen LogP contribution in [0.5, 0.6) is 0 Å². The lowest BCUT2D eigenvalue weighted by molar-refractivity contribution is 0.293. The number of likely N-dealkylation sites (N-methyl/N-ethyl adjacent to an activating group) is 1. The number of benzene rings is 1. The Morgan fingerprint density at radius 1 is 1.18 bits per heavy atom. The van der Waals surface area contributed by atoms with Gasteiger partial charge in [0, 0.05) is 31.7 Å². The lowest BCUT2D eigenvalue weighted by Crippen LogP contribution is -2.41. The third-order valence-electron chi connectivity index (χ3n) is 3.34.